The monoisotopic (exact) mass is 451 g/mol. The van der Waals surface area contributed by atoms with Gasteiger partial charge in [-0.3, -0.25) is 5.32 Å². The summed E-state index contributed by atoms with van der Waals surface area (Å²) in [5.41, 5.74) is -0.656. The molecule has 0 aliphatic heterocycles. The van der Waals surface area contributed by atoms with Gasteiger partial charge in [0.15, 0.2) is 0 Å². The van der Waals surface area contributed by atoms with E-state index < -0.39 is 23.4 Å². The van der Waals surface area contributed by atoms with Crippen LogP contribution in [0.1, 0.15) is 66.9 Å². The number of hydrogen-bond donors (Lipinski definition) is 1. The van der Waals surface area contributed by atoms with Crippen LogP contribution in [0.5, 0.6) is 0 Å². The summed E-state index contributed by atoms with van der Waals surface area (Å²) in [4.78, 5) is 31.0. The number of halogens is 1. The highest BCUT2D eigenvalue weighted by Crippen LogP contribution is 2.16. The predicted octanol–water partition coefficient (Wildman–Crippen LogP) is 6.27. The number of hydrogen-bond acceptors (Lipinski definition) is 5. The third-order valence-electron chi connectivity index (χ3n) is 3.49. The standard InChI is InChI=1S/C23H34ClN3O4/c1-8-9-10-15-25-19(26-20(28)30-22(2,3)4)27(21(29)31-23(5,6)7)16-17-11-13-18(24)14-12-17/h10-15H,8-9,16H2,1-7H3,(H,25,26,28). The van der Waals surface area contributed by atoms with Crippen LogP contribution in [0.25, 0.3) is 0 Å². The molecule has 0 unspecified atom stereocenters. The van der Waals surface area contributed by atoms with Gasteiger partial charge in [0.1, 0.15) is 11.2 Å². The largest absolute Gasteiger partial charge is 0.444 e. The Morgan fingerprint density at radius 2 is 1.65 bits per heavy atom. The molecule has 0 heterocycles. The first-order valence-electron chi connectivity index (χ1n) is 10.3. The Balaban J connectivity index is 3.29. The van der Waals surface area contributed by atoms with E-state index in [0.29, 0.717) is 5.02 Å². The maximum atomic E-state index is 13.0. The van der Waals surface area contributed by atoms with Crippen LogP contribution in [0, 0.1) is 0 Å². The molecule has 1 aromatic rings. The number of unbranched alkanes of at least 4 members (excludes halogenated alkanes) is 1. The predicted molar refractivity (Wildman–Crippen MR) is 124 cm³/mol. The molecule has 1 N–H and O–H groups in total. The van der Waals surface area contributed by atoms with Gasteiger partial charge in [-0.05, 0) is 65.7 Å². The number of guanidine groups is 1. The molecule has 0 radical (unpaired) electrons. The Morgan fingerprint density at radius 3 is 2.16 bits per heavy atom. The fourth-order valence-electron chi connectivity index (χ4n) is 2.24. The second-order valence-corrected chi connectivity index (χ2v) is 9.38. The minimum atomic E-state index is -0.732. The van der Waals surface area contributed by atoms with Crippen molar-refractivity contribution in [3.63, 3.8) is 0 Å². The smallest absolute Gasteiger partial charge is 0.417 e. The molecule has 0 aliphatic rings. The van der Waals surface area contributed by atoms with Crippen molar-refractivity contribution in [2.45, 2.75) is 79.1 Å². The summed E-state index contributed by atoms with van der Waals surface area (Å²) in [6, 6.07) is 7.03. The lowest BCUT2D eigenvalue weighted by Gasteiger charge is -2.28. The normalized spacial score (nSPS) is 12.6. The number of allylic oxidation sites excluding steroid dienone is 1. The van der Waals surface area contributed by atoms with Crippen LogP contribution in [0.3, 0.4) is 0 Å². The Morgan fingerprint density at radius 1 is 1.06 bits per heavy atom. The van der Waals surface area contributed by atoms with Crippen molar-refractivity contribution >= 4 is 29.7 Å². The van der Waals surface area contributed by atoms with Crippen LogP contribution in [0.15, 0.2) is 41.5 Å². The van der Waals surface area contributed by atoms with E-state index in [0.717, 1.165) is 18.4 Å². The quantitative estimate of drug-likeness (QED) is 0.422. The van der Waals surface area contributed by atoms with E-state index >= 15 is 0 Å². The summed E-state index contributed by atoms with van der Waals surface area (Å²) in [6.07, 6.45) is 3.79. The van der Waals surface area contributed by atoms with Crippen LogP contribution >= 0.6 is 11.6 Å². The zero-order valence-electron chi connectivity index (χ0n) is 19.5. The average molecular weight is 452 g/mol. The van der Waals surface area contributed by atoms with E-state index in [9.17, 15) is 9.59 Å². The lowest BCUT2D eigenvalue weighted by Crippen LogP contribution is -2.49. The zero-order chi connectivity index (χ0) is 23.7. The molecule has 0 saturated heterocycles. The first-order valence-corrected chi connectivity index (χ1v) is 10.7. The van der Waals surface area contributed by atoms with Crippen LogP contribution in [-0.4, -0.2) is 34.2 Å². The minimum absolute atomic E-state index is 0.00537. The lowest BCUT2D eigenvalue weighted by atomic mass is 10.2. The molecule has 172 valence electrons. The van der Waals surface area contributed by atoms with Gasteiger partial charge in [-0.1, -0.05) is 43.2 Å². The number of carbonyl (C=O) groups excluding carboxylic acids is 2. The van der Waals surface area contributed by atoms with Crippen molar-refractivity contribution in [3.8, 4) is 0 Å². The van der Waals surface area contributed by atoms with Gasteiger partial charge in [0.25, 0.3) is 0 Å². The van der Waals surface area contributed by atoms with E-state index in [1.165, 1.54) is 4.90 Å². The van der Waals surface area contributed by atoms with E-state index in [1.54, 1.807) is 72.0 Å². The number of benzene rings is 1. The van der Waals surface area contributed by atoms with Crippen molar-refractivity contribution in [3.05, 3.63) is 47.1 Å². The van der Waals surface area contributed by atoms with Gasteiger partial charge in [0, 0.05) is 11.2 Å². The average Bonchev–Trinajstić information content (AvgIpc) is 2.61. The maximum absolute atomic E-state index is 13.0. The lowest BCUT2D eigenvalue weighted by molar-refractivity contribution is 0.0348. The molecular weight excluding hydrogens is 418 g/mol. The van der Waals surface area contributed by atoms with Gasteiger partial charge >= 0.3 is 12.2 Å². The van der Waals surface area contributed by atoms with Gasteiger partial charge in [0.05, 0.1) is 6.54 Å². The second kappa shape index (κ2) is 11.7. The number of amides is 2. The van der Waals surface area contributed by atoms with E-state index in [1.807, 2.05) is 13.0 Å². The van der Waals surface area contributed by atoms with Crippen molar-refractivity contribution in [1.82, 2.24) is 10.2 Å². The molecule has 2 amide bonds. The second-order valence-electron chi connectivity index (χ2n) is 8.95. The summed E-state index contributed by atoms with van der Waals surface area (Å²) in [6.45, 7) is 12.7. The molecular formula is C23H34ClN3O4. The fourth-order valence-corrected chi connectivity index (χ4v) is 2.37. The SMILES string of the molecule is CCCC=CN=C(NC(=O)OC(C)(C)C)N(Cc1ccc(Cl)cc1)C(=O)OC(C)(C)C. The van der Waals surface area contributed by atoms with Crippen LogP contribution < -0.4 is 5.32 Å². The first kappa shape index (κ1) is 26.5. The topological polar surface area (TPSA) is 80.2 Å². The van der Waals surface area contributed by atoms with Crippen molar-refractivity contribution in [2.24, 2.45) is 4.99 Å². The summed E-state index contributed by atoms with van der Waals surface area (Å²) in [5, 5.41) is 3.16. The number of nitrogens with one attached hydrogen (secondary N) is 1. The zero-order valence-corrected chi connectivity index (χ0v) is 20.2. The summed E-state index contributed by atoms with van der Waals surface area (Å²) in [7, 11) is 0. The molecule has 0 saturated carbocycles. The third-order valence-corrected chi connectivity index (χ3v) is 3.75. The van der Waals surface area contributed by atoms with E-state index in [2.05, 4.69) is 10.3 Å². The number of rotatable bonds is 5. The van der Waals surface area contributed by atoms with Gasteiger partial charge in [-0.2, -0.15) is 0 Å². The number of alkyl carbamates (subject to hydrolysis) is 1. The molecule has 0 bridgehead atoms. The minimum Gasteiger partial charge on any atom is -0.444 e. The number of carbonyl (C=O) groups is 2. The van der Waals surface area contributed by atoms with Gasteiger partial charge < -0.3 is 9.47 Å². The molecule has 1 aromatic carbocycles. The molecule has 0 fully saturated rings. The third kappa shape index (κ3) is 11.4. The Hall–Kier alpha value is -2.54. The summed E-state index contributed by atoms with van der Waals surface area (Å²) >= 11 is 5.98. The fraction of sp³-hybridized carbons (Fsp3) is 0.522. The number of aliphatic imine (C=N–C) groups is 1. The molecule has 0 atom stereocenters. The Bertz CT molecular complexity index is 791. The molecule has 0 aliphatic carbocycles. The van der Waals surface area contributed by atoms with Crippen LogP contribution in [-0.2, 0) is 16.0 Å². The number of nitrogens with zero attached hydrogens (tertiary/aromatic N) is 2. The molecule has 8 heteroatoms. The summed E-state index contributed by atoms with van der Waals surface area (Å²) < 4.78 is 10.9. The van der Waals surface area contributed by atoms with Gasteiger partial charge in [0.2, 0.25) is 5.96 Å². The first-order chi connectivity index (χ1) is 14.3. The molecule has 0 aromatic heterocycles. The van der Waals surface area contributed by atoms with Crippen molar-refractivity contribution in [1.29, 1.82) is 0 Å². The Kier molecular flexibility index (Phi) is 10.0. The molecule has 31 heavy (non-hydrogen) atoms. The van der Waals surface area contributed by atoms with Crippen molar-refractivity contribution in [2.75, 3.05) is 0 Å². The highest BCUT2D eigenvalue weighted by atomic mass is 35.5. The molecule has 0 spiro atoms. The van der Waals surface area contributed by atoms with Crippen molar-refractivity contribution < 1.29 is 19.1 Å². The highest BCUT2D eigenvalue weighted by molar-refractivity contribution is 6.30. The van der Waals surface area contributed by atoms with Crippen LogP contribution in [0.2, 0.25) is 5.02 Å². The highest BCUT2D eigenvalue weighted by Gasteiger charge is 2.28. The van der Waals surface area contributed by atoms with E-state index in [4.69, 9.17) is 21.1 Å². The maximum Gasteiger partial charge on any atom is 0.417 e. The van der Waals surface area contributed by atoms with Gasteiger partial charge in [-0.25, -0.2) is 19.5 Å². The molecule has 1 rings (SSSR count). The van der Waals surface area contributed by atoms with E-state index in [-0.39, 0.29) is 12.5 Å². The molecule has 7 nitrogen and oxygen atoms in total. The number of ether oxygens (including phenoxy) is 2. The van der Waals surface area contributed by atoms with Gasteiger partial charge in [-0.15, -0.1) is 0 Å². The van der Waals surface area contributed by atoms with Crippen LogP contribution in [0.4, 0.5) is 9.59 Å². The Labute approximate surface area is 190 Å². The summed E-state index contributed by atoms with van der Waals surface area (Å²) in [5.74, 6) is 0.00537.